The van der Waals surface area contributed by atoms with Gasteiger partial charge >= 0.3 is 5.97 Å². The van der Waals surface area contributed by atoms with E-state index < -0.39 is 5.97 Å². The SMILES string of the molecule is CC#C[C@@H](CC(=O)O)c1ccc(OCc2ccc(CN3CCC(c4noc(C(C)C)n4)CC3)cc2)cc1. The molecule has 37 heavy (non-hydrogen) atoms. The highest BCUT2D eigenvalue weighted by atomic mass is 16.5. The van der Waals surface area contributed by atoms with Crippen molar-refractivity contribution in [3.8, 4) is 17.6 Å². The first kappa shape index (κ1) is 26.4. The van der Waals surface area contributed by atoms with E-state index in [4.69, 9.17) is 14.4 Å². The lowest BCUT2D eigenvalue weighted by Crippen LogP contribution is -2.32. The van der Waals surface area contributed by atoms with E-state index in [2.05, 4.69) is 65.0 Å². The molecule has 1 N–H and O–H groups in total. The highest BCUT2D eigenvalue weighted by molar-refractivity contribution is 5.69. The number of carboxylic acids is 1. The Morgan fingerprint density at radius 1 is 1.11 bits per heavy atom. The summed E-state index contributed by atoms with van der Waals surface area (Å²) >= 11 is 0. The van der Waals surface area contributed by atoms with Crippen LogP contribution in [0.25, 0.3) is 0 Å². The third-order valence-electron chi connectivity index (χ3n) is 6.72. The molecule has 0 saturated carbocycles. The number of aliphatic carboxylic acids is 1. The fourth-order valence-corrected chi connectivity index (χ4v) is 4.56. The quantitative estimate of drug-likeness (QED) is 0.355. The minimum absolute atomic E-state index is 0.0106. The average molecular weight is 502 g/mol. The molecule has 0 amide bonds. The Balaban J connectivity index is 1.23. The number of aromatic nitrogens is 2. The molecule has 4 rings (SSSR count). The van der Waals surface area contributed by atoms with Gasteiger partial charge in [0.2, 0.25) is 5.89 Å². The maximum absolute atomic E-state index is 11.1. The summed E-state index contributed by atoms with van der Waals surface area (Å²) in [7, 11) is 0. The predicted octanol–water partition coefficient (Wildman–Crippen LogP) is 5.73. The molecule has 0 radical (unpaired) electrons. The van der Waals surface area contributed by atoms with Crippen LogP contribution in [0.4, 0.5) is 0 Å². The van der Waals surface area contributed by atoms with E-state index in [0.717, 1.165) is 61.1 Å². The van der Waals surface area contributed by atoms with Crippen molar-refractivity contribution in [3.63, 3.8) is 0 Å². The average Bonchev–Trinajstić information content (AvgIpc) is 3.40. The lowest BCUT2D eigenvalue weighted by atomic mass is 9.95. The van der Waals surface area contributed by atoms with Crippen molar-refractivity contribution in [2.45, 2.75) is 70.9 Å². The lowest BCUT2D eigenvalue weighted by molar-refractivity contribution is -0.137. The molecule has 0 aliphatic carbocycles. The van der Waals surface area contributed by atoms with Gasteiger partial charge in [0, 0.05) is 18.4 Å². The first-order chi connectivity index (χ1) is 17.9. The van der Waals surface area contributed by atoms with E-state index in [1.807, 2.05) is 24.3 Å². The van der Waals surface area contributed by atoms with E-state index in [-0.39, 0.29) is 18.3 Å². The largest absolute Gasteiger partial charge is 0.489 e. The van der Waals surface area contributed by atoms with Crippen molar-refractivity contribution in [1.29, 1.82) is 0 Å². The number of carboxylic acid groups (broad SMARTS) is 1. The monoisotopic (exact) mass is 501 g/mol. The maximum Gasteiger partial charge on any atom is 0.304 e. The molecule has 7 nitrogen and oxygen atoms in total. The third-order valence-corrected chi connectivity index (χ3v) is 6.72. The molecule has 3 aromatic rings. The van der Waals surface area contributed by atoms with Crippen LogP contribution in [0.1, 0.15) is 86.2 Å². The van der Waals surface area contributed by atoms with Crippen LogP contribution in [0.3, 0.4) is 0 Å². The van der Waals surface area contributed by atoms with Crippen molar-refractivity contribution in [1.82, 2.24) is 15.0 Å². The van der Waals surface area contributed by atoms with Crippen molar-refractivity contribution in [3.05, 3.63) is 76.9 Å². The first-order valence-corrected chi connectivity index (χ1v) is 12.9. The van der Waals surface area contributed by atoms with E-state index in [1.54, 1.807) is 6.92 Å². The van der Waals surface area contributed by atoms with Crippen LogP contribution in [0.5, 0.6) is 5.75 Å². The molecule has 1 saturated heterocycles. The molecule has 194 valence electrons. The second kappa shape index (κ2) is 12.6. The zero-order valence-electron chi connectivity index (χ0n) is 21.8. The Morgan fingerprint density at radius 2 is 1.78 bits per heavy atom. The molecule has 0 spiro atoms. The summed E-state index contributed by atoms with van der Waals surface area (Å²) in [5.41, 5.74) is 3.27. The van der Waals surface area contributed by atoms with Crippen molar-refractivity contribution in [2.75, 3.05) is 13.1 Å². The Labute approximate surface area is 218 Å². The topological polar surface area (TPSA) is 88.7 Å². The van der Waals surface area contributed by atoms with Gasteiger partial charge in [-0.15, -0.1) is 5.92 Å². The molecular formula is C30H35N3O4. The number of rotatable bonds is 10. The Hall–Kier alpha value is -3.63. The lowest BCUT2D eigenvalue weighted by Gasteiger charge is -2.30. The smallest absolute Gasteiger partial charge is 0.304 e. The van der Waals surface area contributed by atoms with Crippen LogP contribution in [-0.4, -0.2) is 39.2 Å². The van der Waals surface area contributed by atoms with Crippen LogP contribution >= 0.6 is 0 Å². The minimum atomic E-state index is -0.856. The number of hydrogen-bond acceptors (Lipinski definition) is 6. The van der Waals surface area contributed by atoms with Gasteiger partial charge < -0.3 is 14.4 Å². The molecule has 1 atom stereocenters. The molecular weight excluding hydrogens is 466 g/mol. The molecule has 1 fully saturated rings. The van der Waals surface area contributed by atoms with Gasteiger partial charge in [-0.1, -0.05) is 61.3 Å². The molecule has 7 heteroatoms. The second-order valence-electron chi connectivity index (χ2n) is 9.91. The van der Waals surface area contributed by atoms with Crippen LogP contribution in [0.2, 0.25) is 0 Å². The summed E-state index contributed by atoms with van der Waals surface area (Å²) < 4.78 is 11.3. The molecule has 1 aliphatic rings. The van der Waals surface area contributed by atoms with E-state index in [1.165, 1.54) is 5.56 Å². The van der Waals surface area contributed by atoms with Gasteiger partial charge in [-0.3, -0.25) is 9.69 Å². The number of nitrogens with zero attached hydrogens (tertiary/aromatic N) is 3. The van der Waals surface area contributed by atoms with Crippen LogP contribution < -0.4 is 4.74 Å². The Kier molecular flexibility index (Phi) is 8.97. The van der Waals surface area contributed by atoms with Crippen LogP contribution in [0, 0.1) is 11.8 Å². The number of benzene rings is 2. The molecule has 1 aliphatic heterocycles. The van der Waals surface area contributed by atoms with Gasteiger partial charge in [0.25, 0.3) is 0 Å². The fraction of sp³-hybridized carbons (Fsp3) is 0.433. The van der Waals surface area contributed by atoms with Crippen LogP contribution in [0.15, 0.2) is 53.1 Å². The van der Waals surface area contributed by atoms with E-state index in [0.29, 0.717) is 12.5 Å². The van der Waals surface area contributed by atoms with Gasteiger partial charge in [-0.2, -0.15) is 4.98 Å². The van der Waals surface area contributed by atoms with Gasteiger partial charge in [-0.25, -0.2) is 0 Å². The van der Waals surface area contributed by atoms with Gasteiger partial charge in [0.15, 0.2) is 5.82 Å². The second-order valence-corrected chi connectivity index (χ2v) is 9.91. The minimum Gasteiger partial charge on any atom is -0.489 e. The molecule has 2 heterocycles. The molecule has 2 aromatic carbocycles. The first-order valence-electron chi connectivity index (χ1n) is 12.9. The van der Waals surface area contributed by atoms with E-state index >= 15 is 0 Å². The summed E-state index contributed by atoms with van der Waals surface area (Å²) in [6.45, 7) is 9.30. The Bertz CT molecular complexity index is 1210. The molecule has 1 aromatic heterocycles. The van der Waals surface area contributed by atoms with Crippen molar-refractivity contribution < 1.29 is 19.2 Å². The van der Waals surface area contributed by atoms with E-state index in [9.17, 15) is 4.79 Å². The van der Waals surface area contributed by atoms with Gasteiger partial charge in [0.1, 0.15) is 12.4 Å². The normalized spacial score (nSPS) is 15.2. The zero-order chi connectivity index (χ0) is 26.2. The van der Waals surface area contributed by atoms with Crippen molar-refractivity contribution >= 4 is 5.97 Å². The summed E-state index contributed by atoms with van der Waals surface area (Å²) in [6, 6.07) is 16.1. The summed E-state index contributed by atoms with van der Waals surface area (Å²) in [5.74, 6) is 7.59. The number of hydrogen-bond donors (Lipinski definition) is 1. The molecule has 0 unspecified atom stereocenters. The highest BCUT2D eigenvalue weighted by Crippen LogP contribution is 2.28. The maximum atomic E-state index is 11.1. The highest BCUT2D eigenvalue weighted by Gasteiger charge is 2.25. The fourth-order valence-electron chi connectivity index (χ4n) is 4.56. The van der Waals surface area contributed by atoms with Gasteiger partial charge in [-0.05, 0) is 61.7 Å². The zero-order valence-corrected chi connectivity index (χ0v) is 21.8. The predicted molar refractivity (Wildman–Crippen MR) is 141 cm³/mol. The van der Waals surface area contributed by atoms with Crippen LogP contribution in [-0.2, 0) is 17.9 Å². The Morgan fingerprint density at radius 3 is 2.38 bits per heavy atom. The summed E-state index contributed by atoms with van der Waals surface area (Å²) in [5, 5.41) is 13.3. The molecule has 0 bridgehead atoms. The number of carbonyl (C=O) groups is 1. The number of piperidine rings is 1. The standard InChI is InChI=1S/C30H35N3O4/c1-4-5-26(18-28(34)35)24-10-12-27(13-11-24)36-20-23-8-6-22(7-9-23)19-33-16-14-25(15-17-33)29-31-30(21(2)3)37-32-29/h6-13,21,25-26H,14-20H2,1-3H3,(H,34,35)/t26-/m0/s1. The van der Waals surface area contributed by atoms with Crippen molar-refractivity contribution in [2.24, 2.45) is 0 Å². The third kappa shape index (κ3) is 7.43. The summed E-state index contributed by atoms with van der Waals surface area (Å²) in [6.07, 6.45) is 2.08. The van der Waals surface area contributed by atoms with Gasteiger partial charge in [0.05, 0.1) is 12.3 Å². The summed E-state index contributed by atoms with van der Waals surface area (Å²) in [4.78, 5) is 18.2. The number of ether oxygens (including phenoxy) is 1. The number of likely N-dealkylation sites (tertiary alicyclic amines) is 1.